The Morgan fingerprint density at radius 3 is 2.46 bits per heavy atom. The first-order valence-electron chi connectivity index (χ1n) is 8.75. The number of anilines is 1. The Balaban J connectivity index is 1.54. The van der Waals surface area contributed by atoms with Crippen molar-refractivity contribution >= 4 is 40.5 Å². The SMILES string of the molecule is CC(C)c1ccc(NC(=S)NNC(=O)c2ccc(-c3cccc(Cl)c3)o2)cc1. The molecule has 1 heterocycles. The first-order valence-corrected chi connectivity index (χ1v) is 9.54. The lowest BCUT2D eigenvalue weighted by Gasteiger charge is -2.12. The van der Waals surface area contributed by atoms with Crippen molar-refractivity contribution in [2.45, 2.75) is 19.8 Å². The second-order valence-electron chi connectivity index (χ2n) is 6.48. The van der Waals surface area contributed by atoms with E-state index in [9.17, 15) is 4.79 Å². The molecule has 144 valence electrons. The Morgan fingerprint density at radius 2 is 1.79 bits per heavy atom. The average molecular weight is 414 g/mol. The molecule has 0 atom stereocenters. The molecule has 0 saturated carbocycles. The van der Waals surface area contributed by atoms with Gasteiger partial charge in [-0.25, -0.2) is 0 Å². The first kappa shape index (κ1) is 19.9. The van der Waals surface area contributed by atoms with E-state index in [1.54, 1.807) is 24.3 Å². The zero-order valence-corrected chi connectivity index (χ0v) is 17.0. The summed E-state index contributed by atoms with van der Waals surface area (Å²) < 4.78 is 5.60. The summed E-state index contributed by atoms with van der Waals surface area (Å²) in [6.45, 7) is 4.27. The molecule has 0 fully saturated rings. The van der Waals surface area contributed by atoms with Crippen LogP contribution in [-0.2, 0) is 0 Å². The molecular weight excluding hydrogens is 394 g/mol. The van der Waals surface area contributed by atoms with Gasteiger partial charge in [-0.05, 0) is 60.1 Å². The molecule has 3 N–H and O–H groups in total. The minimum absolute atomic E-state index is 0.159. The topological polar surface area (TPSA) is 66.3 Å². The van der Waals surface area contributed by atoms with Crippen molar-refractivity contribution in [2.24, 2.45) is 0 Å². The fraction of sp³-hybridized carbons (Fsp3) is 0.143. The van der Waals surface area contributed by atoms with Gasteiger partial charge in [0.25, 0.3) is 0 Å². The summed E-state index contributed by atoms with van der Waals surface area (Å²) in [4.78, 5) is 12.3. The Morgan fingerprint density at radius 1 is 1.04 bits per heavy atom. The van der Waals surface area contributed by atoms with Gasteiger partial charge in [0.15, 0.2) is 10.9 Å². The Kier molecular flexibility index (Phi) is 6.34. The fourth-order valence-electron chi connectivity index (χ4n) is 2.55. The number of benzene rings is 2. The van der Waals surface area contributed by atoms with Crippen LogP contribution in [0.25, 0.3) is 11.3 Å². The smallest absolute Gasteiger partial charge is 0.305 e. The molecule has 3 aromatic rings. The van der Waals surface area contributed by atoms with Gasteiger partial charge in [0, 0.05) is 16.3 Å². The van der Waals surface area contributed by atoms with Gasteiger partial charge in [0.2, 0.25) is 0 Å². The predicted octanol–water partition coefficient (Wildman–Crippen LogP) is 5.35. The lowest BCUT2D eigenvalue weighted by Crippen LogP contribution is -2.43. The molecule has 0 spiro atoms. The Bertz CT molecular complexity index is 983. The van der Waals surface area contributed by atoms with Crippen LogP contribution in [0.5, 0.6) is 0 Å². The van der Waals surface area contributed by atoms with Gasteiger partial charge < -0.3 is 9.73 Å². The summed E-state index contributed by atoms with van der Waals surface area (Å²) in [5.74, 6) is 0.737. The fourth-order valence-corrected chi connectivity index (χ4v) is 2.90. The van der Waals surface area contributed by atoms with Crippen molar-refractivity contribution in [2.75, 3.05) is 5.32 Å². The van der Waals surface area contributed by atoms with Crippen LogP contribution in [0, 0.1) is 0 Å². The molecule has 1 aromatic heterocycles. The number of halogens is 1. The third-order valence-electron chi connectivity index (χ3n) is 4.06. The number of thiocarbonyl (C=S) groups is 1. The van der Waals surface area contributed by atoms with Gasteiger partial charge >= 0.3 is 5.91 Å². The van der Waals surface area contributed by atoms with E-state index >= 15 is 0 Å². The van der Waals surface area contributed by atoms with Crippen molar-refractivity contribution in [1.29, 1.82) is 0 Å². The normalized spacial score (nSPS) is 10.6. The number of hydrogen-bond acceptors (Lipinski definition) is 3. The van der Waals surface area contributed by atoms with Gasteiger partial charge in [-0.1, -0.05) is 49.7 Å². The summed E-state index contributed by atoms with van der Waals surface area (Å²) in [5, 5.41) is 3.88. The molecule has 0 unspecified atom stereocenters. The molecule has 0 bridgehead atoms. The van der Waals surface area contributed by atoms with Gasteiger partial charge in [0.05, 0.1) is 0 Å². The standard InChI is InChI=1S/C21H20ClN3O2S/c1-13(2)14-6-8-17(9-7-14)23-21(28)25-24-20(26)19-11-10-18(27-19)15-4-3-5-16(22)12-15/h3-13H,1-2H3,(H,24,26)(H2,23,25,28). The molecule has 0 aliphatic rings. The van der Waals surface area contributed by atoms with Crippen LogP contribution in [0.4, 0.5) is 5.69 Å². The van der Waals surface area contributed by atoms with Crippen molar-refractivity contribution in [3.05, 3.63) is 77.0 Å². The molecule has 5 nitrogen and oxygen atoms in total. The van der Waals surface area contributed by atoms with Crippen molar-refractivity contribution in [1.82, 2.24) is 10.9 Å². The maximum atomic E-state index is 12.3. The molecule has 7 heteroatoms. The van der Waals surface area contributed by atoms with E-state index in [4.69, 9.17) is 28.2 Å². The van der Waals surface area contributed by atoms with E-state index in [1.165, 1.54) is 5.56 Å². The van der Waals surface area contributed by atoms with Gasteiger partial charge in [-0.2, -0.15) is 0 Å². The highest BCUT2D eigenvalue weighted by atomic mass is 35.5. The summed E-state index contributed by atoms with van der Waals surface area (Å²) in [7, 11) is 0. The number of rotatable bonds is 4. The first-order chi connectivity index (χ1) is 13.4. The molecule has 28 heavy (non-hydrogen) atoms. The van der Waals surface area contributed by atoms with Crippen LogP contribution in [0.15, 0.2) is 65.1 Å². The van der Waals surface area contributed by atoms with Crippen molar-refractivity contribution in [3.63, 3.8) is 0 Å². The highest BCUT2D eigenvalue weighted by molar-refractivity contribution is 7.80. The number of carbonyl (C=O) groups is 1. The molecule has 2 aromatic carbocycles. The summed E-state index contributed by atoms with van der Waals surface area (Å²) in [6, 6.07) is 18.5. The zero-order valence-electron chi connectivity index (χ0n) is 15.5. The van der Waals surface area contributed by atoms with E-state index < -0.39 is 5.91 Å². The average Bonchev–Trinajstić information content (AvgIpc) is 3.17. The van der Waals surface area contributed by atoms with Crippen LogP contribution in [-0.4, -0.2) is 11.0 Å². The number of carbonyl (C=O) groups excluding carboxylic acids is 1. The van der Waals surface area contributed by atoms with Crippen LogP contribution < -0.4 is 16.2 Å². The van der Waals surface area contributed by atoms with E-state index in [1.807, 2.05) is 36.4 Å². The molecule has 0 aliphatic carbocycles. The van der Waals surface area contributed by atoms with E-state index in [0.717, 1.165) is 11.3 Å². The number of hydrazine groups is 1. The minimum atomic E-state index is -0.437. The predicted molar refractivity (Wildman–Crippen MR) is 117 cm³/mol. The van der Waals surface area contributed by atoms with E-state index in [2.05, 4.69) is 30.0 Å². The van der Waals surface area contributed by atoms with Gasteiger partial charge in [-0.15, -0.1) is 0 Å². The highest BCUT2D eigenvalue weighted by Gasteiger charge is 2.12. The van der Waals surface area contributed by atoms with E-state index in [-0.39, 0.29) is 10.9 Å². The number of amides is 1. The molecule has 1 amide bonds. The monoisotopic (exact) mass is 413 g/mol. The third-order valence-corrected chi connectivity index (χ3v) is 4.50. The molecule has 0 saturated heterocycles. The zero-order chi connectivity index (χ0) is 20.1. The lowest BCUT2D eigenvalue weighted by molar-refractivity contribution is 0.0917. The molecular formula is C21H20ClN3O2S. The Hall–Kier alpha value is -2.83. The van der Waals surface area contributed by atoms with Crippen molar-refractivity contribution in [3.8, 4) is 11.3 Å². The lowest BCUT2D eigenvalue weighted by atomic mass is 10.0. The summed E-state index contributed by atoms with van der Waals surface area (Å²) >= 11 is 11.2. The second-order valence-corrected chi connectivity index (χ2v) is 7.33. The number of nitrogens with one attached hydrogen (secondary N) is 3. The second kappa shape index (κ2) is 8.91. The highest BCUT2D eigenvalue weighted by Crippen LogP contribution is 2.24. The maximum absolute atomic E-state index is 12.3. The number of furan rings is 1. The number of hydrogen-bond donors (Lipinski definition) is 3. The molecule has 0 radical (unpaired) electrons. The van der Waals surface area contributed by atoms with E-state index in [0.29, 0.717) is 16.7 Å². The molecule has 0 aliphatic heterocycles. The largest absolute Gasteiger partial charge is 0.451 e. The van der Waals surface area contributed by atoms with Gasteiger partial charge in [-0.3, -0.25) is 15.6 Å². The Labute approximate surface area is 174 Å². The third kappa shape index (κ3) is 5.12. The van der Waals surface area contributed by atoms with Crippen molar-refractivity contribution < 1.29 is 9.21 Å². The minimum Gasteiger partial charge on any atom is -0.451 e. The van der Waals surface area contributed by atoms with Crippen LogP contribution in [0.3, 0.4) is 0 Å². The summed E-state index contributed by atoms with van der Waals surface area (Å²) in [5.41, 5.74) is 8.04. The van der Waals surface area contributed by atoms with Gasteiger partial charge in [0.1, 0.15) is 5.76 Å². The van der Waals surface area contributed by atoms with Crippen LogP contribution in [0.1, 0.15) is 35.9 Å². The van der Waals surface area contributed by atoms with Crippen LogP contribution in [0.2, 0.25) is 5.02 Å². The maximum Gasteiger partial charge on any atom is 0.305 e. The quantitative estimate of drug-likeness (QED) is 0.397. The molecule has 3 rings (SSSR count). The van der Waals surface area contributed by atoms with Crippen LogP contribution >= 0.6 is 23.8 Å². The summed E-state index contributed by atoms with van der Waals surface area (Å²) in [6.07, 6.45) is 0.